The SMILES string of the molecule is CCCc1cc(OC)ccc1C#Cc1cc(CN2CCN(Cc3cc(C#Cc4ccc(OC)cc4CCS(=O)(=O)O)cc(C(=O)O)n3)CCN(Cc3cc(C#Cc4ccc(OC)cc4CCC)cc(C(=O)O)n3)C(CN)C2)nc(C(=O)O)c1. The number of aromatic nitrogens is 3. The number of hydrogen-bond acceptors (Lipinski definition) is 15. The molecule has 6 aromatic rings. The van der Waals surface area contributed by atoms with Crippen LogP contribution in [-0.4, -0.2) is 148 Å². The number of hydrogen-bond donors (Lipinski definition) is 5. The minimum Gasteiger partial charge on any atom is -0.497 e. The van der Waals surface area contributed by atoms with Crippen molar-refractivity contribution in [2.75, 3.05) is 66.4 Å². The molecule has 0 aliphatic carbocycles. The second kappa shape index (κ2) is 29.4. The van der Waals surface area contributed by atoms with Gasteiger partial charge in [0.05, 0.1) is 44.2 Å². The first-order valence-corrected chi connectivity index (χ1v) is 28.6. The maximum absolute atomic E-state index is 12.6. The lowest BCUT2D eigenvalue weighted by Gasteiger charge is -2.33. The van der Waals surface area contributed by atoms with Gasteiger partial charge in [0.25, 0.3) is 10.1 Å². The van der Waals surface area contributed by atoms with E-state index in [0.717, 1.165) is 47.9 Å². The number of pyridine rings is 3. The predicted molar refractivity (Wildman–Crippen MR) is 312 cm³/mol. The van der Waals surface area contributed by atoms with Gasteiger partial charge >= 0.3 is 17.9 Å². The van der Waals surface area contributed by atoms with Crippen molar-refractivity contribution in [1.82, 2.24) is 29.7 Å². The van der Waals surface area contributed by atoms with Crippen molar-refractivity contribution in [2.24, 2.45) is 5.73 Å². The van der Waals surface area contributed by atoms with Crippen LogP contribution in [0.4, 0.5) is 0 Å². The molecule has 1 aliphatic rings. The van der Waals surface area contributed by atoms with Gasteiger partial charge in [-0.15, -0.1) is 0 Å². The van der Waals surface area contributed by atoms with Crippen LogP contribution in [0.3, 0.4) is 0 Å². The molecule has 0 amide bonds. The summed E-state index contributed by atoms with van der Waals surface area (Å²) in [6.07, 6.45) is 3.23. The van der Waals surface area contributed by atoms with Crippen molar-refractivity contribution >= 4 is 28.0 Å². The topological polar surface area (TPSA) is 268 Å². The van der Waals surface area contributed by atoms with Crippen LogP contribution in [0.1, 0.15) is 125 Å². The summed E-state index contributed by atoms with van der Waals surface area (Å²) in [5.74, 6) is 16.5. The molecule has 1 saturated heterocycles. The lowest BCUT2D eigenvalue weighted by atomic mass is 10.0. The molecule has 7 rings (SSSR count). The summed E-state index contributed by atoms with van der Waals surface area (Å²) in [5, 5.41) is 30.9. The molecule has 3 aromatic heterocycles. The van der Waals surface area contributed by atoms with E-state index in [2.05, 4.69) is 79.0 Å². The lowest BCUT2D eigenvalue weighted by Crippen LogP contribution is -2.48. The molecule has 6 N–H and O–H groups in total. The molecule has 0 bridgehead atoms. The van der Waals surface area contributed by atoms with Gasteiger partial charge in [-0.25, -0.2) is 29.3 Å². The van der Waals surface area contributed by atoms with E-state index in [1.165, 1.54) is 25.3 Å². The Morgan fingerprint density at radius 2 is 0.916 bits per heavy atom. The zero-order valence-corrected chi connectivity index (χ0v) is 47.9. The van der Waals surface area contributed by atoms with Crippen LogP contribution >= 0.6 is 0 Å². The molecule has 0 radical (unpaired) electrons. The normalized spacial score (nSPS) is 14.0. The summed E-state index contributed by atoms with van der Waals surface area (Å²) in [6.45, 7) is 6.76. The molecule has 1 unspecified atom stereocenters. The summed E-state index contributed by atoms with van der Waals surface area (Å²) in [7, 11) is 0.372. The number of rotatable bonds is 20. The Morgan fingerprint density at radius 3 is 1.29 bits per heavy atom. The highest BCUT2D eigenvalue weighted by Gasteiger charge is 2.27. The standard InChI is InChI=1S/C63H67N7O12S/c1-6-8-48-34-55(80-3)19-16-45(48)13-10-43-29-52(66-59(32-43)62(73)74)39-69-24-23-68(38-51-28-42(31-58(65-51)61(71)72)12-15-47-18-21-57(82-5)36-50(47)22-27-83(77,78)79)25-26-70(54(37-64)41-69)40-53-30-44(33-60(67-53)63(75)76)11-14-46-17-20-56(81-4)35-49(46)9-7-2/h16-21,28-36,54H,6-9,22-27,37-41,64H2,1-5H3,(H,71,72)(H,73,74)(H,75,76)(H,77,78,79). The highest BCUT2D eigenvalue weighted by molar-refractivity contribution is 7.85. The van der Waals surface area contributed by atoms with Crippen LogP contribution < -0.4 is 19.9 Å². The van der Waals surface area contributed by atoms with Gasteiger partial charge in [0.1, 0.15) is 34.3 Å². The average molecular weight is 1150 g/mol. The first kappa shape index (κ1) is 62.0. The van der Waals surface area contributed by atoms with Crippen molar-refractivity contribution in [3.8, 4) is 52.8 Å². The number of carboxylic acid groups (broad SMARTS) is 3. The number of aryl methyl sites for hydroxylation is 3. The molecule has 19 nitrogen and oxygen atoms in total. The molecule has 83 heavy (non-hydrogen) atoms. The Bertz CT molecular complexity index is 3670. The Balaban J connectivity index is 1.26. The second-order valence-corrected chi connectivity index (χ2v) is 21.4. The van der Waals surface area contributed by atoms with Gasteiger partial charge < -0.3 is 35.3 Å². The zero-order chi connectivity index (χ0) is 59.6. The van der Waals surface area contributed by atoms with Crippen molar-refractivity contribution in [3.63, 3.8) is 0 Å². The van der Waals surface area contributed by atoms with E-state index in [1.807, 2.05) is 36.4 Å². The molecule has 1 aliphatic heterocycles. The minimum atomic E-state index is -4.30. The smallest absolute Gasteiger partial charge is 0.354 e. The average Bonchev–Trinajstić information content (AvgIpc) is 3.65. The Kier molecular flexibility index (Phi) is 21.9. The zero-order valence-electron chi connectivity index (χ0n) is 47.1. The predicted octanol–water partition coefficient (Wildman–Crippen LogP) is 6.67. The lowest BCUT2D eigenvalue weighted by molar-refractivity contribution is 0.0678. The van der Waals surface area contributed by atoms with E-state index in [-0.39, 0.29) is 55.7 Å². The fourth-order valence-corrected chi connectivity index (χ4v) is 10.1. The fourth-order valence-electron chi connectivity index (χ4n) is 9.58. The van der Waals surface area contributed by atoms with Gasteiger partial charge in [-0.1, -0.05) is 62.2 Å². The number of ether oxygens (including phenoxy) is 3. The van der Waals surface area contributed by atoms with Gasteiger partial charge in [-0.2, -0.15) is 8.42 Å². The largest absolute Gasteiger partial charge is 0.497 e. The van der Waals surface area contributed by atoms with E-state index >= 15 is 0 Å². The number of methoxy groups -OCH3 is 3. The number of nitrogens with two attached hydrogens (primary N) is 1. The van der Waals surface area contributed by atoms with Crippen LogP contribution in [0, 0.1) is 35.5 Å². The van der Waals surface area contributed by atoms with Crippen molar-refractivity contribution in [3.05, 3.63) is 175 Å². The van der Waals surface area contributed by atoms with E-state index in [9.17, 15) is 42.7 Å². The summed E-state index contributed by atoms with van der Waals surface area (Å²) in [5.41, 5.74) is 13.1. The number of carboxylic acids is 3. The molecular formula is C63H67N7O12S. The summed E-state index contributed by atoms with van der Waals surface area (Å²) < 4.78 is 49.1. The monoisotopic (exact) mass is 1150 g/mol. The molecule has 4 heterocycles. The van der Waals surface area contributed by atoms with Crippen LogP contribution in [0.5, 0.6) is 17.2 Å². The second-order valence-electron chi connectivity index (χ2n) is 19.8. The quantitative estimate of drug-likeness (QED) is 0.0394. The molecule has 0 saturated carbocycles. The fraction of sp³-hybridized carbons (Fsp3) is 0.333. The van der Waals surface area contributed by atoms with Gasteiger partial charge in [-0.3, -0.25) is 19.3 Å². The molecule has 1 atom stereocenters. The third-order valence-corrected chi connectivity index (χ3v) is 14.5. The van der Waals surface area contributed by atoms with Crippen LogP contribution in [0.25, 0.3) is 0 Å². The Hall–Kier alpha value is -8.65. The summed E-state index contributed by atoms with van der Waals surface area (Å²) >= 11 is 0. The van der Waals surface area contributed by atoms with E-state index < -0.39 is 33.8 Å². The maximum Gasteiger partial charge on any atom is 0.354 e. The van der Waals surface area contributed by atoms with Crippen LogP contribution in [0.2, 0.25) is 0 Å². The first-order chi connectivity index (χ1) is 39.8. The number of carbonyl (C=O) groups is 3. The van der Waals surface area contributed by atoms with Gasteiger partial charge in [0.15, 0.2) is 0 Å². The Labute approximate surface area is 484 Å². The van der Waals surface area contributed by atoms with Gasteiger partial charge in [0, 0.05) is 98.3 Å². The maximum atomic E-state index is 12.6. The molecule has 3 aromatic carbocycles. The number of nitrogens with zero attached hydrogens (tertiary/aromatic N) is 6. The first-order valence-electron chi connectivity index (χ1n) is 27.0. The minimum absolute atomic E-state index is 0.0579. The molecule has 432 valence electrons. The van der Waals surface area contributed by atoms with Crippen molar-refractivity contribution in [1.29, 1.82) is 0 Å². The molecule has 1 fully saturated rings. The van der Waals surface area contributed by atoms with Crippen molar-refractivity contribution in [2.45, 2.75) is 71.6 Å². The van der Waals surface area contributed by atoms with Crippen molar-refractivity contribution < 1.29 is 56.9 Å². The molecule has 20 heteroatoms. The van der Waals surface area contributed by atoms with E-state index in [4.69, 9.17) is 19.9 Å². The third-order valence-electron chi connectivity index (χ3n) is 13.8. The Morgan fingerprint density at radius 1 is 0.542 bits per heavy atom. The van der Waals surface area contributed by atoms with Crippen LogP contribution in [-0.2, 0) is 49.0 Å². The number of aromatic carboxylic acids is 3. The third kappa shape index (κ3) is 18.2. The van der Waals surface area contributed by atoms with E-state index in [0.29, 0.717) is 94.9 Å². The highest BCUT2D eigenvalue weighted by Crippen LogP contribution is 2.23. The highest BCUT2D eigenvalue weighted by atomic mass is 32.2. The van der Waals surface area contributed by atoms with Gasteiger partial charge in [-0.05, 0) is 127 Å². The van der Waals surface area contributed by atoms with Gasteiger partial charge in [0.2, 0.25) is 0 Å². The molecular weight excluding hydrogens is 1080 g/mol. The molecule has 0 spiro atoms. The van der Waals surface area contributed by atoms with Crippen LogP contribution in [0.15, 0.2) is 91.0 Å². The summed E-state index contributed by atoms with van der Waals surface area (Å²) in [4.78, 5) is 57.9. The van der Waals surface area contributed by atoms with E-state index in [1.54, 1.807) is 50.6 Å². The summed E-state index contributed by atoms with van der Waals surface area (Å²) in [6, 6.07) is 25.4. The number of benzene rings is 3.